The lowest BCUT2D eigenvalue weighted by Crippen LogP contribution is -2.67. The minimum Gasteiger partial charge on any atom is -0.395 e. The molecule has 0 aromatic heterocycles. The Bertz CT molecular complexity index is 1230. The first-order chi connectivity index (χ1) is 17.0. The minimum atomic E-state index is -3.46. The average molecular weight is 495 g/mol. The summed E-state index contributed by atoms with van der Waals surface area (Å²) < 4.78 is 41.6. The van der Waals surface area contributed by atoms with Crippen molar-refractivity contribution in [2.75, 3.05) is 26.2 Å². The standard InChI is InChI=1S/C28H31FN2O3S/c29-25-14-12-23(13-15-25)22-8-10-24(11-9-22)28-26-18-30(16-4-5-17-31(26)27(28)19-32)35(33,34)20-21-6-2-1-3-7-21/h1-3,6-15,26-28,32H,4-5,16-20H2/t26-,27-,28+/m0/s1. The number of hydrogen-bond acceptors (Lipinski definition) is 4. The Morgan fingerprint density at radius 1 is 0.857 bits per heavy atom. The molecule has 0 amide bonds. The third-order valence-electron chi connectivity index (χ3n) is 7.39. The highest BCUT2D eigenvalue weighted by Crippen LogP contribution is 2.42. The van der Waals surface area contributed by atoms with Gasteiger partial charge in [-0.3, -0.25) is 4.90 Å². The molecule has 2 heterocycles. The molecule has 0 radical (unpaired) electrons. The van der Waals surface area contributed by atoms with Crippen LogP contribution in [0, 0.1) is 5.82 Å². The van der Waals surface area contributed by atoms with Crippen LogP contribution in [-0.2, 0) is 15.8 Å². The van der Waals surface area contributed by atoms with Crippen molar-refractivity contribution >= 4 is 10.0 Å². The molecule has 0 bridgehead atoms. The van der Waals surface area contributed by atoms with Gasteiger partial charge < -0.3 is 5.11 Å². The van der Waals surface area contributed by atoms with Gasteiger partial charge in [-0.25, -0.2) is 17.1 Å². The van der Waals surface area contributed by atoms with E-state index in [2.05, 4.69) is 17.0 Å². The van der Waals surface area contributed by atoms with Gasteiger partial charge in [0.25, 0.3) is 0 Å². The molecule has 2 aliphatic heterocycles. The van der Waals surface area contributed by atoms with Gasteiger partial charge in [0.2, 0.25) is 10.0 Å². The van der Waals surface area contributed by atoms with E-state index in [0.29, 0.717) is 13.1 Å². The molecule has 2 saturated heterocycles. The molecule has 0 saturated carbocycles. The summed E-state index contributed by atoms with van der Waals surface area (Å²) in [5.74, 6) is -0.211. The summed E-state index contributed by atoms with van der Waals surface area (Å²) in [5, 5.41) is 10.2. The van der Waals surface area contributed by atoms with Crippen molar-refractivity contribution < 1.29 is 17.9 Å². The maximum atomic E-state index is 13.3. The number of fused-ring (bicyclic) bond motifs is 1. The van der Waals surface area contributed by atoms with E-state index in [-0.39, 0.29) is 36.2 Å². The SMILES string of the molecule is O=S(=O)(Cc1ccccc1)N1CCCCN2[C@@H](CO)[C@H](c3ccc(-c4ccc(F)cc4)cc3)[C@@H]2C1. The summed E-state index contributed by atoms with van der Waals surface area (Å²) in [4.78, 5) is 2.28. The molecule has 3 aromatic rings. The summed E-state index contributed by atoms with van der Waals surface area (Å²) in [6, 6.07) is 23.9. The lowest BCUT2D eigenvalue weighted by Gasteiger charge is -2.57. The molecule has 3 atom stereocenters. The quantitative estimate of drug-likeness (QED) is 0.557. The molecule has 2 fully saturated rings. The molecule has 35 heavy (non-hydrogen) atoms. The Labute approximate surface area is 206 Å². The molecule has 0 spiro atoms. The highest BCUT2D eigenvalue weighted by Gasteiger charge is 2.50. The number of aliphatic hydroxyl groups excluding tert-OH is 1. The lowest BCUT2D eigenvalue weighted by molar-refractivity contribution is -0.0554. The van der Waals surface area contributed by atoms with Gasteiger partial charge in [0, 0.05) is 31.1 Å². The van der Waals surface area contributed by atoms with Gasteiger partial charge in [-0.15, -0.1) is 0 Å². The fourth-order valence-electron chi connectivity index (χ4n) is 5.58. The Morgan fingerprint density at radius 2 is 1.49 bits per heavy atom. The van der Waals surface area contributed by atoms with Crippen molar-refractivity contribution in [1.82, 2.24) is 9.21 Å². The maximum absolute atomic E-state index is 13.3. The second-order valence-electron chi connectivity index (χ2n) is 9.52. The topological polar surface area (TPSA) is 60.9 Å². The van der Waals surface area contributed by atoms with Gasteiger partial charge in [0.1, 0.15) is 5.82 Å². The maximum Gasteiger partial charge on any atom is 0.218 e. The molecule has 184 valence electrons. The molecule has 0 unspecified atom stereocenters. The minimum absolute atomic E-state index is 0.00101. The van der Waals surface area contributed by atoms with E-state index in [1.807, 2.05) is 42.5 Å². The third-order valence-corrected chi connectivity index (χ3v) is 9.21. The number of benzene rings is 3. The molecule has 0 aliphatic carbocycles. The van der Waals surface area contributed by atoms with Crippen LogP contribution in [0.3, 0.4) is 0 Å². The monoisotopic (exact) mass is 494 g/mol. The summed E-state index contributed by atoms with van der Waals surface area (Å²) in [7, 11) is -3.46. The van der Waals surface area contributed by atoms with Crippen LogP contribution in [0.15, 0.2) is 78.9 Å². The van der Waals surface area contributed by atoms with E-state index in [1.165, 1.54) is 12.1 Å². The van der Waals surface area contributed by atoms with E-state index < -0.39 is 10.0 Å². The molecule has 5 rings (SSSR count). The Hall–Kier alpha value is -2.58. The molecule has 1 N–H and O–H groups in total. The first kappa shape index (κ1) is 24.1. The number of nitrogens with zero attached hydrogens (tertiary/aromatic N) is 2. The van der Waals surface area contributed by atoms with Crippen molar-refractivity contribution in [2.24, 2.45) is 0 Å². The molecular formula is C28H31FN2O3S. The number of halogens is 1. The second-order valence-corrected chi connectivity index (χ2v) is 11.5. The Morgan fingerprint density at radius 3 is 2.14 bits per heavy atom. The summed E-state index contributed by atoms with van der Waals surface area (Å²) >= 11 is 0. The van der Waals surface area contributed by atoms with Crippen molar-refractivity contribution in [1.29, 1.82) is 0 Å². The van der Waals surface area contributed by atoms with Gasteiger partial charge in [0.05, 0.1) is 12.4 Å². The highest BCUT2D eigenvalue weighted by molar-refractivity contribution is 7.88. The summed E-state index contributed by atoms with van der Waals surface area (Å²) in [6.07, 6.45) is 1.72. The number of sulfonamides is 1. The van der Waals surface area contributed by atoms with Crippen molar-refractivity contribution in [2.45, 2.75) is 36.6 Å². The summed E-state index contributed by atoms with van der Waals surface area (Å²) in [6.45, 7) is 1.86. The predicted molar refractivity (Wildman–Crippen MR) is 136 cm³/mol. The van der Waals surface area contributed by atoms with E-state index in [1.54, 1.807) is 16.4 Å². The second kappa shape index (κ2) is 10.2. The van der Waals surface area contributed by atoms with Gasteiger partial charge in [0.15, 0.2) is 0 Å². The zero-order chi connectivity index (χ0) is 24.4. The highest BCUT2D eigenvalue weighted by atomic mass is 32.2. The van der Waals surface area contributed by atoms with Crippen LogP contribution >= 0.6 is 0 Å². The number of hydrogen-bond donors (Lipinski definition) is 1. The first-order valence-electron chi connectivity index (χ1n) is 12.2. The largest absolute Gasteiger partial charge is 0.395 e. The van der Waals surface area contributed by atoms with E-state index in [9.17, 15) is 17.9 Å². The van der Waals surface area contributed by atoms with E-state index >= 15 is 0 Å². The van der Waals surface area contributed by atoms with Gasteiger partial charge in [-0.1, -0.05) is 66.7 Å². The third kappa shape index (κ3) is 5.05. The Balaban J connectivity index is 1.38. The fraction of sp³-hybridized carbons (Fsp3) is 0.357. The zero-order valence-corrected chi connectivity index (χ0v) is 20.4. The number of aliphatic hydroxyl groups is 1. The van der Waals surface area contributed by atoms with Gasteiger partial charge in [-0.2, -0.15) is 0 Å². The molecular weight excluding hydrogens is 463 g/mol. The summed E-state index contributed by atoms with van der Waals surface area (Å²) in [5.41, 5.74) is 3.82. The van der Waals surface area contributed by atoms with Crippen LogP contribution in [0.2, 0.25) is 0 Å². The zero-order valence-electron chi connectivity index (χ0n) is 19.6. The molecule has 7 heteroatoms. The lowest BCUT2D eigenvalue weighted by atomic mass is 9.74. The van der Waals surface area contributed by atoms with Crippen LogP contribution in [0.1, 0.15) is 29.9 Å². The van der Waals surface area contributed by atoms with Crippen molar-refractivity contribution in [3.63, 3.8) is 0 Å². The van der Waals surface area contributed by atoms with Crippen molar-refractivity contribution in [3.05, 3.63) is 95.8 Å². The molecule has 2 aliphatic rings. The van der Waals surface area contributed by atoms with Crippen LogP contribution in [0.5, 0.6) is 0 Å². The Kier molecular flexibility index (Phi) is 7.02. The predicted octanol–water partition coefficient (Wildman–Crippen LogP) is 4.25. The molecule has 5 nitrogen and oxygen atoms in total. The van der Waals surface area contributed by atoms with Gasteiger partial charge in [-0.05, 0) is 53.8 Å². The van der Waals surface area contributed by atoms with Crippen LogP contribution in [-0.4, -0.2) is 61.1 Å². The van der Waals surface area contributed by atoms with Crippen molar-refractivity contribution in [3.8, 4) is 11.1 Å². The number of rotatable bonds is 6. The van der Waals surface area contributed by atoms with E-state index in [4.69, 9.17) is 0 Å². The van der Waals surface area contributed by atoms with Crippen LogP contribution in [0.25, 0.3) is 11.1 Å². The smallest absolute Gasteiger partial charge is 0.218 e. The molecule has 3 aromatic carbocycles. The van der Waals surface area contributed by atoms with Crippen LogP contribution < -0.4 is 0 Å². The van der Waals surface area contributed by atoms with E-state index in [0.717, 1.165) is 41.6 Å². The normalized spacial score (nSPS) is 23.7. The average Bonchev–Trinajstić information content (AvgIpc) is 2.84. The van der Waals surface area contributed by atoms with Crippen LogP contribution in [0.4, 0.5) is 4.39 Å². The fourth-order valence-corrected chi connectivity index (χ4v) is 7.16. The first-order valence-corrected chi connectivity index (χ1v) is 13.8. The van der Waals surface area contributed by atoms with Gasteiger partial charge >= 0.3 is 0 Å².